The average Bonchev–Trinajstić information content (AvgIpc) is 2.60. The molecule has 0 atom stereocenters. The number of hydrogen-bond acceptors (Lipinski definition) is 4. The molecule has 0 saturated heterocycles. The third kappa shape index (κ3) is 14.7. The first kappa shape index (κ1) is 35.6. The molecule has 0 aliphatic rings. The molecule has 0 heterocycles. The van der Waals surface area contributed by atoms with E-state index in [1.165, 1.54) is 7.11 Å². The van der Waals surface area contributed by atoms with E-state index in [4.69, 9.17) is 0 Å². The Kier molecular flexibility index (Phi) is 18.9. The maximum atomic E-state index is 11.6. The van der Waals surface area contributed by atoms with Gasteiger partial charge in [0, 0.05) is 57.3 Å². The van der Waals surface area contributed by atoms with Crippen molar-refractivity contribution in [2.45, 2.75) is 126 Å². The van der Waals surface area contributed by atoms with Gasteiger partial charge in [-0.05, 0) is 83.1 Å². The maximum Gasteiger partial charge on any atom is 0.409 e. The molecule has 0 saturated carbocycles. The lowest BCUT2D eigenvalue weighted by Crippen LogP contribution is -2.47. The van der Waals surface area contributed by atoms with Gasteiger partial charge in [-0.3, -0.25) is 4.79 Å². The van der Waals surface area contributed by atoms with Crippen LogP contribution in [0.4, 0.5) is 9.59 Å². The molecule has 198 valence electrons. The SMILES string of the molecule is CC(=O)N(C(C)C)C(C)C.CC(C)N(C(=O)N(C)C)C(C)C.COC(=O)N(C(C)C)C(C)C. The molecule has 0 aromatic carbocycles. The predicted octanol–water partition coefficient (Wildman–Crippen LogP) is 5.31. The molecule has 0 aliphatic carbocycles. The summed E-state index contributed by atoms with van der Waals surface area (Å²) in [7, 11) is 4.96. The van der Waals surface area contributed by atoms with Gasteiger partial charge in [0.1, 0.15) is 0 Å². The highest BCUT2D eigenvalue weighted by Gasteiger charge is 2.21. The van der Waals surface area contributed by atoms with Crippen LogP contribution < -0.4 is 0 Å². The lowest BCUT2D eigenvalue weighted by Gasteiger charge is -2.33. The third-order valence-corrected chi connectivity index (χ3v) is 4.69. The van der Waals surface area contributed by atoms with E-state index in [0.29, 0.717) is 12.1 Å². The van der Waals surface area contributed by atoms with E-state index in [-0.39, 0.29) is 42.2 Å². The number of ether oxygens (including phenoxy) is 1. The van der Waals surface area contributed by atoms with Crippen molar-refractivity contribution in [2.75, 3.05) is 21.2 Å². The average molecular weight is 475 g/mol. The van der Waals surface area contributed by atoms with Gasteiger partial charge in [-0.1, -0.05) is 0 Å². The molecule has 0 N–H and O–H groups in total. The molecule has 0 rings (SSSR count). The molecular weight excluding hydrogens is 420 g/mol. The number of nitrogens with zero attached hydrogens (tertiary/aromatic N) is 4. The number of carbonyl (C=O) groups excluding carboxylic acids is 3. The molecule has 0 fully saturated rings. The van der Waals surface area contributed by atoms with Crippen LogP contribution in [0.2, 0.25) is 0 Å². The molecular formula is C25H54N4O4. The van der Waals surface area contributed by atoms with Gasteiger partial charge < -0.3 is 24.3 Å². The number of methoxy groups -OCH3 is 1. The van der Waals surface area contributed by atoms with Crippen molar-refractivity contribution in [2.24, 2.45) is 0 Å². The second-order valence-electron chi connectivity index (χ2n) is 9.95. The van der Waals surface area contributed by atoms with Crippen molar-refractivity contribution in [3.8, 4) is 0 Å². The Hall–Kier alpha value is -1.99. The molecule has 8 heteroatoms. The summed E-state index contributed by atoms with van der Waals surface area (Å²) >= 11 is 0. The highest BCUT2D eigenvalue weighted by Crippen LogP contribution is 2.08. The van der Waals surface area contributed by atoms with E-state index in [2.05, 4.69) is 4.74 Å². The Bertz CT molecular complexity index is 535. The Labute approximate surface area is 204 Å². The van der Waals surface area contributed by atoms with Gasteiger partial charge in [0.2, 0.25) is 5.91 Å². The van der Waals surface area contributed by atoms with Gasteiger partial charge in [-0.25, -0.2) is 9.59 Å². The van der Waals surface area contributed by atoms with E-state index >= 15 is 0 Å². The van der Waals surface area contributed by atoms with Crippen LogP contribution >= 0.6 is 0 Å². The molecule has 0 bridgehead atoms. The van der Waals surface area contributed by atoms with Crippen molar-refractivity contribution in [1.29, 1.82) is 0 Å². The van der Waals surface area contributed by atoms with Gasteiger partial charge in [0.05, 0.1) is 7.11 Å². The summed E-state index contributed by atoms with van der Waals surface area (Å²) in [5, 5.41) is 0. The molecule has 0 aromatic heterocycles. The molecule has 0 spiro atoms. The number of urea groups is 1. The van der Waals surface area contributed by atoms with Gasteiger partial charge >= 0.3 is 12.1 Å². The molecule has 0 unspecified atom stereocenters. The first-order chi connectivity index (χ1) is 14.8. The van der Waals surface area contributed by atoms with E-state index < -0.39 is 0 Å². The summed E-state index contributed by atoms with van der Waals surface area (Å²) < 4.78 is 4.62. The lowest BCUT2D eigenvalue weighted by atomic mass is 10.2. The Morgan fingerprint density at radius 3 is 0.879 bits per heavy atom. The second kappa shape index (κ2) is 17.5. The minimum absolute atomic E-state index is 0.0833. The molecule has 33 heavy (non-hydrogen) atoms. The minimum atomic E-state index is -0.255. The summed E-state index contributed by atoms with van der Waals surface area (Å²) in [5.41, 5.74) is 0. The molecule has 4 amide bonds. The second-order valence-corrected chi connectivity index (χ2v) is 9.95. The van der Waals surface area contributed by atoms with Crippen LogP contribution in [0.1, 0.15) is 90.0 Å². The smallest absolute Gasteiger partial charge is 0.409 e. The monoisotopic (exact) mass is 474 g/mol. The van der Waals surface area contributed by atoms with E-state index in [0.717, 1.165) is 0 Å². The zero-order valence-electron chi connectivity index (χ0n) is 24.4. The summed E-state index contributed by atoms with van der Waals surface area (Å²) in [6.07, 6.45) is -0.255. The van der Waals surface area contributed by atoms with Gasteiger partial charge in [0.25, 0.3) is 0 Å². The normalized spacial score (nSPS) is 10.6. The first-order valence-electron chi connectivity index (χ1n) is 12.0. The Morgan fingerprint density at radius 2 is 0.818 bits per heavy atom. The van der Waals surface area contributed by atoms with Crippen molar-refractivity contribution in [3.05, 3.63) is 0 Å². The molecule has 0 aliphatic heterocycles. The van der Waals surface area contributed by atoms with E-state index in [9.17, 15) is 14.4 Å². The summed E-state index contributed by atoms with van der Waals surface area (Å²) in [5.74, 6) is 0.157. The van der Waals surface area contributed by atoms with Crippen molar-refractivity contribution in [3.63, 3.8) is 0 Å². The van der Waals surface area contributed by atoms with Crippen LogP contribution in [0.25, 0.3) is 0 Å². The third-order valence-electron chi connectivity index (χ3n) is 4.69. The van der Waals surface area contributed by atoms with Crippen LogP contribution in [0.3, 0.4) is 0 Å². The minimum Gasteiger partial charge on any atom is -0.453 e. The van der Waals surface area contributed by atoms with Crippen molar-refractivity contribution in [1.82, 2.24) is 19.6 Å². The standard InChI is InChI=1S/C9H20N2O.C8H17NO2.C8H17NO/c1-7(2)11(8(3)4)9(12)10(5)6;1-6(2)9(7(3)4)8(10)11-5;1-6(2)9(7(3)4)8(5)10/h7-8H,1-6H3;6-7H,1-5H3;6-7H,1-5H3. The van der Waals surface area contributed by atoms with Crippen LogP contribution in [0.5, 0.6) is 0 Å². The van der Waals surface area contributed by atoms with Crippen LogP contribution in [0, 0.1) is 0 Å². The Balaban J connectivity index is -0.000000411. The van der Waals surface area contributed by atoms with Gasteiger partial charge in [-0.15, -0.1) is 0 Å². The molecule has 8 nitrogen and oxygen atoms in total. The van der Waals surface area contributed by atoms with Crippen LogP contribution in [-0.4, -0.2) is 95.1 Å². The topological polar surface area (TPSA) is 73.4 Å². The fourth-order valence-corrected chi connectivity index (χ4v) is 3.72. The van der Waals surface area contributed by atoms with Gasteiger partial charge in [-0.2, -0.15) is 0 Å². The fourth-order valence-electron chi connectivity index (χ4n) is 3.72. The largest absolute Gasteiger partial charge is 0.453 e. The Morgan fingerprint density at radius 1 is 0.545 bits per heavy atom. The highest BCUT2D eigenvalue weighted by atomic mass is 16.5. The van der Waals surface area contributed by atoms with Crippen molar-refractivity contribution < 1.29 is 19.1 Å². The zero-order valence-corrected chi connectivity index (χ0v) is 24.4. The summed E-state index contributed by atoms with van der Waals surface area (Å²) in [6.45, 7) is 25.7. The fraction of sp³-hybridized carbons (Fsp3) is 0.880. The van der Waals surface area contributed by atoms with Crippen molar-refractivity contribution >= 4 is 18.0 Å². The number of hydrogen-bond donors (Lipinski definition) is 0. The number of rotatable bonds is 6. The zero-order chi connectivity index (χ0) is 27.2. The predicted molar refractivity (Wildman–Crippen MR) is 139 cm³/mol. The molecule has 0 radical (unpaired) electrons. The summed E-state index contributed by atoms with van der Waals surface area (Å²) in [4.78, 5) is 40.7. The van der Waals surface area contributed by atoms with E-state index in [1.807, 2.05) is 92.9 Å². The highest BCUT2D eigenvalue weighted by molar-refractivity contribution is 5.74. The number of carbonyl (C=O) groups is 3. The van der Waals surface area contributed by atoms with Gasteiger partial charge in [0.15, 0.2) is 0 Å². The first-order valence-corrected chi connectivity index (χ1v) is 12.0. The quantitative estimate of drug-likeness (QED) is 0.523. The summed E-state index contributed by atoms with van der Waals surface area (Å²) in [6, 6.07) is 1.64. The number of amides is 4. The molecule has 0 aromatic rings. The van der Waals surface area contributed by atoms with Crippen LogP contribution in [-0.2, 0) is 9.53 Å². The van der Waals surface area contributed by atoms with Crippen LogP contribution in [0.15, 0.2) is 0 Å². The maximum absolute atomic E-state index is 11.6. The van der Waals surface area contributed by atoms with E-state index in [1.54, 1.807) is 30.8 Å². The lowest BCUT2D eigenvalue weighted by molar-refractivity contribution is -0.132.